The maximum atomic E-state index is 11.0. The first-order valence-corrected chi connectivity index (χ1v) is 7.27. The molecule has 1 aromatic heterocycles. The Hall–Kier alpha value is -0.840. The Bertz CT molecular complexity index is 580. The summed E-state index contributed by atoms with van der Waals surface area (Å²) in [7, 11) is 0. The maximum absolute atomic E-state index is 11.0. The summed E-state index contributed by atoms with van der Waals surface area (Å²) in [5.41, 5.74) is 1.45. The van der Waals surface area contributed by atoms with E-state index in [9.17, 15) is 4.79 Å². The van der Waals surface area contributed by atoms with Gasteiger partial charge in [0.25, 0.3) is 0 Å². The molecule has 0 radical (unpaired) electrons. The maximum Gasteiger partial charge on any atom is 0.153 e. The fraction of sp³-hybridized carbons (Fsp3) is 0.154. The summed E-state index contributed by atoms with van der Waals surface area (Å²) in [6, 6.07) is 5.49. The average molecular weight is 346 g/mol. The Morgan fingerprint density at radius 3 is 2.89 bits per heavy atom. The summed E-state index contributed by atoms with van der Waals surface area (Å²) >= 11 is 10.9. The molecule has 0 amide bonds. The highest BCUT2D eigenvalue weighted by Gasteiger charge is 2.10. The van der Waals surface area contributed by atoms with E-state index >= 15 is 0 Å². The van der Waals surface area contributed by atoms with Crippen molar-refractivity contribution in [3.63, 3.8) is 0 Å². The van der Waals surface area contributed by atoms with E-state index in [2.05, 4.69) is 15.9 Å². The van der Waals surface area contributed by atoms with Crippen LogP contribution in [-0.4, -0.2) is 6.29 Å². The van der Waals surface area contributed by atoms with Gasteiger partial charge in [-0.2, -0.15) is 0 Å². The molecular weight excluding hydrogens is 336 g/mol. The van der Waals surface area contributed by atoms with Crippen LogP contribution in [-0.2, 0) is 6.61 Å². The summed E-state index contributed by atoms with van der Waals surface area (Å²) in [5.74, 6) is 0.609. The zero-order chi connectivity index (χ0) is 13.1. The summed E-state index contributed by atoms with van der Waals surface area (Å²) in [6.45, 7) is 2.28. The van der Waals surface area contributed by atoms with E-state index in [4.69, 9.17) is 16.3 Å². The van der Waals surface area contributed by atoms with Crippen LogP contribution in [0.2, 0.25) is 5.02 Å². The molecule has 0 aliphatic rings. The fourth-order valence-electron chi connectivity index (χ4n) is 1.61. The van der Waals surface area contributed by atoms with Gasteiger partial charge in [-0.1, -0.05) is 27.5 Å². The third-order valence-electron chi connectivity index (χ3n) is 2.43. The number of carbonyl (C=O) groups excluding carboxylic acids is 1. The third-order valence-corrected chi connectivity index (χ3v) is 4.25. The number of aryl methyl sites for hydroxylation is 1. The summed E-state index contributed by atoms with van der Waals surface area (Å²) in [5, 5.41) is 2.61. The van der Waals surface area contributed by atoms with Crippen molar-refractivity contribution in [3.8, 4) is 5.75 Å². The first-order valence-electron chi connectivity index (χ1n) is 5.22. The molecule has 94 valence electrons. The monoisotopic (exact) mass is 344 g/mol. The predicted molar refractivity (Wildman–Crippen MR) is 77.9 cm³/mol. The van der Waals surface area contributed by atoms with Gasteiger partial charge in [0.1, 0.15) is 12.4 Å². The van der Waals surface area contributed by atoms with E-state index in [0.717, 1.165) is 21.2 Å². The van der Waals surface area contributed by atoms with Gasteiger partial charge in [0, 0.05) is 4.47 Å². The van der Waals surface area contributed by atoms with E-state index in [-0.39, 0.29) is 0 Å². The molecule has 0 spiro atoms. The topological polar surface area (TPSA) is 26.3 Å². The SMILES string of the molecule is Cc1cc(Br)cc(C=O)c1OCc1sccc1Cl. The lowest BCUT2D eigenvalue weighted by atomic mass is 10.1. The molecule has 5 heteroatoms. The predicted octanol–water partition coefficient (Wildman–Crippen LogP) is 4.86. The van der Waals surface area contributed by atoms with Crippen LogP contribution >= 0.6 is 38.9 Å². The van der Waals surface area contributed by atoms with Gasteiger partial charge in [-0.15, -0.1) is 11.3 Å². The lowest BCUT2D eigenvalue weighted by Crippen LogP contribution is -1.99. The number of hydrogen-bond donors (Lipinski definition) is 0. The summed E-state index contributed by atoms with van der Waals surface area (Å²) in [4.78, 5) is 12.0. The van der Waals surface area contributed by atoms with Gasteiger partial charge in [-0.3, -0.25) is 4.79 Å². The van der Waals surface area contributed by atoms with Crippen molar-refractivity contribution in [2.75, 3.05) is 0 Å². The Kier molecular flexibility index (Phi) is 4.43. The standard InChI is InChI=1S/C13H10BrClO2S/c1-8-4-10(14)5-9(6-16)13(8)17-7-12-11(15)2-3-18-12/h2-6H,7H2,1H3. The molecule has 0 aliphatic carbocycles. The van der Waals surface area contributed by atoms with Crippen LogP contribution in [0.25, 0.3) is 0 Å². The molecule has 0 atom stereocenters. The lowest BCUT2D eigenvalue weighted by molar-refractivity contribution is 0.111. The summed E-state index contributed by atoms with van der Waals surface area (Å²) in [6.07, 6.45) is 0.795. The van der Waals surface area contributed by atoms with E-state index in [1.807, 2.05) is 24.4 Å². The Labute approximate surface area is 123 Å². The minimum absolute atomic E-state index is 0.375. The van der Waals surface area contributed by atoms with Crippen LogP contribution in [0.1, 0.15) is 20.8 Å². The zero-order valence-corrected chi connectivity index (χ0v) is 12.7. The quantitative estimate of drug-likeness (QED) is 0.739. The van der Waals surface area contributed by atoms with Crippen molar-refractivity contribution in [1.29, 1.82) is 0 Å². The van der Waals surface area contributed by atoms with E-state index in [1.165, 1.54) is 11.3 Å². The molecule has 0 bridgehead atoms. The van der Waals surface area contributed by atoms with Crippen LogP contribution in [0.5, 0.6) is 5.75 Å². The summed E-state index contributed by atoms with van der Waals surface area (Å²) < 4.78 is 6.58. The van der Waals surface area contributed by atoms with Crippen molar-refractivity contribution >= 4 is 45.2 Å². The molecule has 2 rings (SSSR count). The van der Waals surface area contributed by atoms with Crippen molar-refractivity contribution in [3.05, 3.63) is 49.1 Å². The van der Waals surface area contributed by atoms with Crippen LogP contribution in [0, 0.1) is 6.92 Å². The van der Waals surface area contributed by atoms with Crippen molar-refractivity contribution in [2.24, 2.45) is 0 Å². The molecule has 2 nitrogen and oxygen atoms in total. The van der Waals surface area contributed by atoms with Crippen molar-refractivity contribution < 1.29 is 9.53 Å². The fourth-order valence-corrected chi connectivity index (χ4v) is 3.20. The molecule has 1 heterocycles. The first-order chi connectivity index (χ1) is 8.61. The lowest BCUT2D eigenvalue weighted by Gasteiger charge is -2.11. The van der Waals surface area contributed by atoms with Gasteiger partial charge >= 0.3 is 0 Å². The van der Waals surface area contributed by atoms with Gasteiger partial charge in [0.2, 0.25) is 0 Å². The minimum atomic E-state index is 0.375. The average Bonchev–Trinajstić information content (AvgIpc) is 2.73. The molecule has 0 saturated heterocycles. The highest BCUT2D eigenvalue weighted by Crippen LogP contribution is 2.29. The Morgan fingerprint density at radius 1 is 1.50 bits per heavy atom. The molecule has 18 heavy (non-hydrogen) atoms. The second-order valence-corrected chi connectivity index (χ2v) is 6.06. The van der Waals surface area contributed by atoms with Crippen LogP contribution in [0.4, 0.5) is 0 Å². The van der Waals surface area contributed by atoms with Gasteiger partial charge in [0.15, 0.2) is 6.29 Å². The molecule has 1 aromatic carbocycles. The van der Waals surface area contributed by atoms with E-state index < -0.39 is 0 Å². The number of halogens is 2. The van der Waals surface area contributed by atoms with E-state index in [0.29, 0.717) is 22.9 Å². The van der Waals surface area contributed by atoms with Crippen LogP contribution < -0.4 is 4.74 Å². The number of carbonyl (C=O) groups is 1. The number of hydrogen-bond acceptors (Lipinski definition) is 3. The number of rotatable bonds is 4. The molecule has 2 aromatic rings. The third kappa shape index (κ3) is 2.94. The molecule has 0 aliphatic heterocycles. The van der Waals surface area contributed by atoms with Crippen molar-refractivity contribution in [1.82, 2.24) is 0 Å². The molecule has 0 fully saturated rings. The van der Waals surface area contributed by atoms with E-state index in [1.54, 1.807) is 6.07 Å². The molecule has 0 saturated carbocycles. The number of ether oxygens (including phenoxy) is 1. The smallest absolute Gasteiger partial charge is 0.153 e. The van der Waals surface area contributed by atoms with Crippen LogP contribution in [0.3, 0.4) is 0 Å². The number of aldehydes is 1. The van der Waals surface area contributed by atoms with Crippen molar-refractivity contribution in [2.45, 2.75) is 13.5 Å². The van der Waals surface area contributed by atoms with Gasteiger partial charge in [-0.25, -0.2) is 0 Å². The molecule has 0 unspecified atom stereocenters. The second-order valence-electron chi connectivity index (χ2n) is 3.74. The Balaban J connectivity index is 2.24. The minimum Gasteiger partial charge on any atom is -0.487 e. The van der Waals surface area contributed by atoms with Gasteiger partial charge in [0.05, 0.1) is 15.5 Å². The number of benzene rings is 1. The molecular formula is C13H10BrClO2S. The highest BCUT2D eigenvalue weighted by atomic mass is 79.9. The zero-order valence-electron chi connectivity index (χ0n) is 9.57. The second kappa shape index (κ2) is 5.87. The van der Waals surface area contributed by atoms with Gasteiger partial charge in [-0.05, 0) is 36.1 Å². The van der Waals surface area contributed by atoms with Gasteiger partial charge < -0.3 is 4.74 Å². The first kappa shape index (κ1) is 13.6. The van der Waals surface area contributed by atoms with Crippen LogP contribution in [0.15, 0.2) is 28.1 Å². The normalized spacial score (nSPS) is 10.4. The highest BCUT2D eigenvalue weighted by molar-refractivity contribution is 9.10. The number of thiophene rings is 1. The Morgan fingerprint density at radius 2 is 2.28 bits per heavy atom. The molecule has 0 N–H and O–H groups in total. The largest absolute Gasteiger partial charge is 0.487 e.